The number of benzene rings is 1. The van der Waals surface area contributed by atoms with Crippen molar-refractivity contribution in [2.75, 3.05) is 41.0 Å². The number of hydrogen-bond acceptors (Lipinski definition) is 3. The second-order valence-corrected chi connectivity index (χ2v) is 6.32. The number of methoxy groups -OCH3 is 1. The summed E-state index contributed by atoms with van der Waals surface area (Å²) in [6, 6.07) is 5.96. The monoisotopic (exact) mass is 497 g/mol. The largest absolute Gasteiger partial charge is 0.497 e. The van der Waals surface area contributed by atoms with E-state index in [1.165, 1.54) is 0 Å². The quantitative estimate of drug-likeness (QED) is 0.385. The Balaban J connectivity index is 0.00000264. The standard InChI is InChI=1S/C16H24BrN3O2.HI/c1-18-16(20(2)10-12-6-7-22-11-12)19-9-13-8-14(21-3)4-5-15(13)17;/h4-5,8,12H,6-7,9-11H2,1-3H3,(H,18,19);1H. The van der Waals surface area contributed by atoms with Crippen LogP contribution in [0.4, 0.5) is 0 Å². The van der Waals surface area contributed by atoms with Gasteiger partial charge in [0.2, 0.25) is 0 Å². The van der Waals surface area contributed by atoms with Crippen LogP contribution in [0.15, 0.2) is 27.7 Å². The Kier molecular flexibility index (Phi) is 9.23. The third-order valence-corrected chi connectivity index (χ3v) is 4.59. The fraction of sp³-hybridized carbons (Fsp3) is 0.562. The third kappa shape index (κ3) is 6.11. The van der Waals surface area contributed by atoms with E-state index in [4.69, 9.17) is 9.47 Å². The fourth-order valence-corrected chi connectivity index (χ4v) is 2.96. The van der Waals surface area contributed by atoms with Crippen LogP contribution in [0.25, 0.3) is 0 Å². The van der Waals surface area contributed by atoms with Crippen LogP contribution < -0.4 is 10.1 Å². The van der Waals surface area contributed by atoms with Crippen molar-refractivity contribution in [1.29, 1.82) is 0 Å². The van der Waals surface area contributed by atoms with Gasteiger partial charge in [-0.2, -0.15) is 0 Å². The third-order valence-electron chi connectivity index (χ3n) is 3.82. The van der Waals surface area contributed by atoms with Gasteiger partial charge in [0, 0.05) is 44.2 Å². The van der Waals surface area contributed by atoms with Crippen molar-refractivity contribution in [3.63, 3.8) is 0 Å². The van der Waals surface area contributed by atoms with Gasteiger partial charge in [-0.05, 0) is 30.2 Å². The highest BCUT2D eigenvalue weighted by molar-refractivity contribution is 14.0. The molecule has 1 aromatic rings. The van der Waals surface area contributed by atoms with Crippen molar-refractivity contribution in [3.8, 4) is 5.75 Å². The summed E-state index contributed by atoms with van der Waals surface area (Å²) < 4.78 is 11.8. The molecule has 5 nitrogen and oxygen atoms in total. The molecule has 0 saturated carbocycles. The van der Waals surface area contributed by atoms with Gasteiger partial charge < -0.3 is 19.7 Å². The Labute approximate surface area is 164 Å². The summed E-state index contributed by atoms with van der Waals surface area (Å²) in [4.78, 5) is 6.52. The Morgan fingerprint density at radius 1 is 1.52 bits per heavy atom. The summed E-state index contributed by atoms with van der Waals surface area (Å²) in [6.07, 6.45) is 1.13. The lowest BCUT2D eigenvalue weighted by atomic mass is 10.1. The maximum absolute atomic E-state index is 5.43. The van der Waals surface area contributed by atoms with Gasteiger partial charge in [0.1, 0.15) is 5.75 Å². The molecule has 0 aliphatic carbocycles. The summed E-state index contributed by atoms with van der Waals surface area (Å²) >= 11 is 3.57. The van der Waals surface area contributed by atoms with Gasteiger partial charge in [-0.25, -0.2) is 0 Å². The topological polar surface area (TPSA) is 46.1 Å². The van der Waals surface area contributed by atoms with Crippen molar-refractivity contribution >= 4 is 45.9 Å². The zero-order valence-electron chi connectivity index (χ0n) is 13.8. The maximum Gasteiger partial charge on any atom is 0.193 e. The van der Waals surface area contributed by atoms with Crippen LogP contribution in [0, 0.1) is 5.92 Å². The summed E-state index contributed by atoms with van der Waals surface area (Å²) in [5.74, 6) is 2.33. The molecule has 1 aromatic carbocycles. The van der Waals surface area contributed by atoms with Crippen molar-refractivity contribution in [2.24, 2.45) is 10.9 Å². The fourth-order valence-electron chi connectivity index (χ4n) is 2.57. The molecule has 2 rings (SSSR count). The minimum Gasteiger partial charge on any atom is -0.497 e. The molecule has 130 valence electrons. The first kappa shape index (κ1) is 20.5. The first-order valence-corrected chi connectivity index (χ1v) is 8.25. The first-order valence-electron chi connectivity index (χ1n) is 7.46. The minimum absolute atomic E-state index is 0. The Bertz CT molecular complexity index is 522. The molecule has 0 radical (unpaired) electrons. The number of rotatable bonds is 5. The average Bonchev–Trinajstić information content (AvgIpc) is 3.02. The van der Waals surface area contributed by atoms with E-state index >= 15 is 0 Å². The predicted molar refractivity (Wildman–Crippen MR) is 108 cm³/mol. The predicted octanol–water partition coefficient (Wildman–Crippen LogP) is 3.12. The van der Waals surface area contributed by atoms with Crippen LogP contribution >= 0.6 is 39.9 Å². The molecule has 1 atom stereocenters. The van der Waals surface area contributed by atoms with E-state index in [-0.39, 0.29) is 24.0 Å². The van der Waals surface area contributed by atoms with E-state index < -0.39 is 0 Å². The minimum atomic E-state index is 0. The summed E-state index contributed by atoms with van der Waals surface area (Å²) in [5.41, 5.74) is 1.14. The number of nitrogens with one attached hydrogen (secondary N) is 1. The molecular formula is C16H25BrIN3O2. The number of ether oxygens (including phenoxy) is 2. The second kappa shape index (κ2) is 10.4. The molecule has 1 aliphatic heterocycles. The van der Waals surface area contributed by atoms with Crippen LogP contribution in [0.2, 0.25) is 0 Å². The van der Waals surface area contributed by atoms with Gasteiger partial charge in [0.05, 0.1) is 13.7 Å². The smallest absolute Gasteiger partial charge is 0.193 e. The molecule has 1 aliphatic rings. The lowest BCUT2D eigenvalue weighted by Gasteiger charge is -2.24. The second-order valence-electron chi connectivity index (χ2n) is 5.47. The molecule has 0 amide bonds. The van der Waals surface area contributed by atoms with Crippen LogP contribution in [0.3, 0.4) is 0 Å². The van der Waals surface area contributed by atoms with Crippen LogP contribution in [-0.4, -0.2) is 51.8 Å². The Hall–Kier alpha value is -0.540. The zero-order valence-corrected chi connectivity index (χ0v) is 17.8. The molecule has 1 heterocycles. The average molecular weight is 498 g/mol. The van der Waals surface area contributed by atoms with Crippen LogP contribution in [-0.2, 0) is 11.3 Å². The van der Waals surface area contributed by atoms with Gasteiger partial charge in [-0.15, -0.1) is 24.0 Å². The van der Waals surface area contributed by atoms with Gasteiger partial charge >= 0.3 is 0 Å². The molecule has 0 spiro atoms. The molecule has 7 heteroatoms. The van der Waals surface area contributed by atoms with Gasteiger partial charge in [-0.3, -0.25) is 4.99 Å². The lowest BCUT2D eigenvalue weighted by molar-refractivity contribution is 0.181. The normalized spacial score (nSPS) is 17.6. The van der Waals surface area contributed by atoms with E-state index in [0.717, 1.165) is 47.9 Å². The molecular weight excluding hydrogens is 473 g/mol. The Morgan fingerprint density at radius 2 is 2.30 bits per heavy atom. The van der Waals surface area contributed by atoms with Gasteiger partial charge in [0.25, 0.3) is 0 Å². The van der Waals surface area contributed by atoms with Crippen LogP contribution in [0.1, 0.15) is 12.0 Å². The molecule has 0 aromatic heterocycles. The molecule has 1 saturated heterocycles. The summed E-state index contributed by atoms with van der Waals surface area (Å²) in [5, 5.41) is 3.40. The lowest BCUT2D eigenvalue weighted by Crippen LogP contribution is -2.41. The van der Waals surface area contributed by atoms with Crippen molar-refractivity contribution < 1.29 is 9.47 Å². The molecule has 1 fully saturated rings. The summed E-state index contributed by atoms with van der Waals surface area (Å²) in [6.45, 7) is 3.37. The van der Waals surface area contributed by atoms with Gasteiger partial charge in [0.15, 0.2) is 5.96 Å². The Morgan fingerprint density at radius 3 is 2.91 bits per heavy atom. The first-order chi connectivity index (χ1) is 10.6. The van der Waals surface area contributed by atoms with E-state index in [1.54, 1.807) is 7.11 Å². The SMILES string of the molecule is CN=C(NCc1cc(OC)ccc1Br)N(C)CC1CCOC1.I. The van der Waals surface area contributed by atoms with E-state index in [9.17, 15) is 0 Å². The van der Waals surface area contributed by atoms with Crippen molar-refractivity contribution in [2.45, 2.75) is 13.0 Å². The number of aliphatic imine (C=N–C) groups is 1. The van der Waals surface area contributed by atoms with Crippen molar-refractivity contribution in [3.05, 3.63) is 28.2 Å². The van der Waals surface area contributed by atoms with Gasteiger partial charge in [-0.1, -0.05) is 15.9 Å². The number of guanidine groups is 1. The maximum atomic E-state index is 5.43. The van der Waals surface area contributed by atoms with Crippen LogP contribution in [0.5, 0.6) is 5.75 Å². The molecule has 1 N–H and O–H groups in total. The molecule has 23 heavy (non-hydrogen) atoms. The van der Waals surface area contributed by atoms with Crippen molar-refractivity contribution in [1.82, 2.24) is 10.2 Å². The number of nitrogens with zero attached hydrogens (tertiary/aromatic N) is 2. The highest BCUT2D eigenvalue weighted by Gasteiger charge is 2.19. The zero-order chi connectivity index (χ0) is 15.9. The summed E-state index contributed by atoms with van der Waals surface area (Å²) in [7, 11) is 5.55. The highest BCUT2D eigenvalue weighted by Crippen LogP contribution is 2.22. The van der Waals surface area contributed by atoms with E-state index in [2.05, 4.69) is 38.2 Å². The molecule has 1 unspecified atom stereocenters. The van der Waals surface area contributed by atoms with E-state index in [1.807, 2.05) is 25.2 Å². The van der Waals surface area contributed by atoms with E-state index in [0.29, 0.717) is 12.5 Å². The number of hydrogen-bond donors (Lipinski definition) is 1. The molecule has 0 bridgehead atoms. The highest BCUT2D eigenvalue weighted by atomic mass is 127. The number of halogens is 2.